The van der Waals surface area contributed by atoms with Crippen molar-refractivity contribution in [2.24, 2.45) is 0 Å². The van der Waals surface area contributed by atoms with Gasteiger partial charge in [-0.05, 0) is 42.7 Å². The Labute approximate surface area is 123 Å². The van der Waals surface area contributed by atoms with Crippen molar-refractivity contribution in [3.63, 3.8) is 0 Å². The van der Waals surface area contributed by atoms with E-state index in [4.69, 9.17) is 9.15 Å². The molecule has 5 heteroatoms. The molecule has 0 spiro atoms. The lowest BCUT2D eigenvalue weighted by Crippen LogP contribution is -2.41. The van der Waals surface area contributed by atoms with Crippen molar-refractivity contribution in [1.29, 1.82) is 0 Å². The molecule has 2 atom stereocenters. The quantitative estimate of drug-likeness (QED) is 0.864. The molecular weight excluding hydrogens is 268 g/mol. The van der Waals surface area contributed by atoms with E-state index in [1.165, 1.54) is 6.26 Å². The molecule has 0 saturated carbocycles. The van der Waals surface area contributed by atoms with E-state index in [9.17, 15) is 4.79 Å². The number of ether oxygens (including phenoxy) is 1. The summed E-state index contributed by atoms with van der Waals surface area (Å²) >= 11 is 0. The third-order valence-corrected chi connectivity index (χ3v) is 3.97. The summed E-state index contributed by atoms with van der Waals surface area (Å²) < 4.78 is 10.8. The lowest BCUT2D eigenvalue weighted by atomic mass is 10.0. The van der Waals surface area contributed by atoms with E-state index in [1.807, 2.05) is 17.0 Å². The lowest BCUT2D eigenvalue weighted by molar-refractivity contribution is 0.0487. The van der Waals surface area contributed by atoms with Crippen LogP contribution in [0, 0.1) is 0 Å². The molecule has 1 amide bonds. The smallest absolute Gasteiger partial charge is 0.289 e. The predicted molar refractivity (Wildman–Crippen MR) is 76.9 cm³/mol. The van der Waals surface area contributed by atoms with E-state index >= 15 is 0 Å². The Morgan fingerprint density at radius 3 is 2.90 bits per heavy atom. The van der Waals surface area contributed by atoms with Gasteiger partial charge in [0.1, 0.15) is 0 Å². The minimum Gasteiger partial charge on any atom is -0.459 e. The summed E-state index contributed by atoms with van der Waals surface area (Å²) in [6.07, 6.45) is 6.72. The Morgan fingerprint density at radius 2 is 2.24 bits per heavy atom. The van der Waals surface area contributed by atoms with E-state index in [1.54, 1.807) is 31.6 Å². The molecular formula is C16H18N2O3. The maximum Gasteiger partial charge on any atom is 0.289 e. The van der Waals surface area contributed by atoms with Gasteiger partial charge < -0.3 is 14.1 Å². The highest BCUT2D eigenvalue weighted by Gasteiger charge is 2.38. The van der Waals surface area contributed by atoms with E-state index in [-0.39, 0.29) is 18.1 Å². The van der Waals surface area contributed by atoms with E-state index in [2.05, 4.69) is 4.98 Å². The third-order valence-electron chi connectivity index (χ3n) is 3.97. The lowest BCUT2D eigenvalue weighted by Gasteiger charge is -2.27. The molecule has 3 heterocycles. The molecule has 2 aromatic heterocycles. The zero-order chi connectivity index (χ0) is 14.7. The Kier molecular flexibility index (Phi) is 4.01. The van der Waals surface area contributed by atoms with E-state index in [0.717, 1.165) is 18.4 Å². The number of carbonyl (C=O) groups is 1. The summed E-state index contributed by atoms with van der Waals surface area (Å²) in [6, 6.07) is 7.40. The number of hydrogen-bond donors (Lipinski definition) is 0. The first-order valence-electron chi connectivity index (χ1n) is 7.06. The predicted octanol–water partition coefficient (Wildman–Crippen LogP) is 2.15. The minimum absolute atomic E-state index is 0.0231. The fraction of sp³-hybridized carbons (Fsp3) is 0.375. The number of pyridine rings is 1. The molecule has 2 aromatic rings. The second-order valence-electron chi connectivity index (χ2n) is 5.17. The molecule has 1 saturated heterocycles. The van der Waals surface area contributed by atoms with Gasteiger partial charge in [-0.3, -0.25) is 9.78 Å². The van der Waals surface area contributed by atoms with Crippen LogP contribution in [-0.4, -0.2) is 41.6 Å². The summed E-state index contributed by atoms with van der Waals surface area (Å²) in [5.41, 5.74) is 1.15. The number of rotatable bonds is 4. The first-order chi connectivity index (χ1) is 10.3. The van der Waals surface area contributed by atoms with Gasteiger partial charge in [-0.25, -0.2) is 0 Å². The molecule has 110 valence electrons. The van der Waals surface area contributed by atoms with Crippen LogP contribution in [0.2, 0.25) is 0 Å². The molecule has 1 fully saturated rings. The number of methoxy groups -OCH3 is 1. The van der Waals surface area contributed by atoms with Crippen molar-refractivity contribution in [1.82, 2.24) is 9.88 Å². The normalized spacial score (nSPS) is 21.7. The third kappa shape index (κ3) is 2.83. The first kappa shape index (κ1) is 13.8. The molecule has 1 aliphatic rings. The average molecular weight is 286 g/mol. The monoisotopic (exact) mass is 286 g/mol. The summed E-state index contributed by atoms with van der Waals surface area (Å²) in [5, 5.41) is 0. The van der Waals surface area contributed by atoms with Crippen LogP contribution in [0.25, 0.3) is 0 Å². The van der Waals surface area contributed by atoms with Crippen LogP contribution in [0.15, 0.2) is 47.3 Å². The number of amides is 1. The van der Waals surface area contributed by atoms with E-state index in [0.29, 0.717) is 12.3 Å². The fourth-order valence-electron chi connectivity index (χ4n) is 2.90. The molecule has 0 bridgehead atoms. The van der Waals surface area contributed by atoms with Crippen molar-refractivity contribution in [3.05, 3.63) is 54.2 Å². The number of likely N-dealkylation sites (tertiary alicyclic amines) is 1. The second kappa shape index (κ2) is 6.10. The van der Waals surface area contributed by atoms with Gasteiger partial charge in [-0.2, -0.15) is 0 Å². The van der Waals surface area contributed by atoms with Crippen LogP contribution >= 0.6 is 0 Å². The summed E-state index contributed by atoms with van der Waals surface area (Å²) in [5.74, 6) is 0.310. The van der Waals surface area contributed by atoms with Gasteiger partial charge >= 0.3 is 0 Å². The molecule has 0 N–H and O–H groups in total. The van der Waals surface area contributed by atoms with Gasteiger partial charge in [-0.15, -0.1) is 0 Å². The standard InChI is InChI=1S/C16H18N2O3/c1-20-14-6-9-18(16(19)15-3-2-10-21-15)13(14)11-12-4-7-17-8-5-12/h2-5,7-8,10,13-14H,6,9,11H2,1H3/t13-,14-/m1/s1. The van der Waals surface area contributed by atoms with Gasteiger partial charge in [0.05, 0.1) is 18.4 Å². The summed E-state index contributed by atoms with van der Waals surface area (Å²) in [4.78, 5) is 18.4. The minimum atomic E-state index is -0.0707. The van der Waals surface area contributed by atoms with Crippen molar-refractivity contribution in [2.45, 2.75) is 25.0 Å². The number of furan rings is 1. The topological polar surface area (TPSA) is 55.6 Å². The van der Waals surface area contributed by atoms with Crippen LogP contribution in [0.3, 0.4) is 0 Å². The SMILES string of the molecule is CO[C@@H]1CCN(C(=O)c2ccco2)[C@@H]1Cc1ccncc1. The molecule has 0 aromatic carbocycles. The Bertz CT molecular complexity index is 583. The van der Waals surface area contributed by atoms with Crippen LogP contribution < -0.4 is 0 Å². The highest BCUT2D eigenvalue weighted by Crippen LogP contribution is 2.25. The van der Waals surface area contributed by atoms with Crippen LogP contribution in [-0.2, 0) is 11.2 Å². The van der Waals surface area contributed by atoms with Crippen LogP contribution in [0.5, 0.6) is 0 Å². The Hall–Kier alpha value is -2.14. The Balaban J connectivity index is 1.80. The number of nitrogens with zero attached hydrogens (tertiary/aromatic N) is 2. The van der Waals surface area contributed by atoms with Crippen molar-refractivity contribution in [3.8, 4) is 0 Å². The average Bonchev–Trinajstić information content (AvgIpc) is 3.17. The summed E-state index contributed by atoms with van der Waals surface area (Å²) in [7, 11) is 1.70. The maximum atomic E-state index is 12.5. The van der Waals surface area contributed by atoms with Gasteiger partial charge in [0.2, 0.25) is 0 Å². The fourth-order valence-corrected chi connectivity index (χ4v) is 2.90. The second-order valence-corrected chi connectivity index (χ2v) is 5.17. The Morgan fingerprint density at radius 1 is 1.43 bits per heavy atom. The molecule has 3 rings (SSSR count). The van der Waals surface area contributed by atoms with Crippen molar-refractivity contribution in [2.75, 3.05) is 13.7 Å². The first-order valence-corrected chi connectivity index (χ1v) is 7.06. The zero-order valence-electron chi connectivity index (χ0n) is 11.9. The maximum absolute atomic E-state index is 12.5. The molecule has 0 unspecified atom stereocenters. The number of carbonyl (C=O) groups excluding carboxylic acids is 1. The van der Waals surface area contributed by atoms with Crippen molar-refractivity contribution < 1.29 is 13.9 Å². The van der Waals surface area contributed by atoms with Gasteiger partial charge in [0.25, 0.3) is 5.91 Å². The zero-order valence-corrected chi connectivity index (χ0v) is 11.9. The van der Waals surface area contributed by atoms with Crippen LogP contribution in [0.4, 0.5) is 0 Å². The van der Waals surface area contributed by atoms with E-state index < -0.39 is 0 Å². The molecule has 1 aliphatic heterocycles. The highest BCUT2D eigenvalue weighted by molar-refractivity contribution is 5.92. The molecule has 21 heavy (non-hydrogen) atoms. The summed E-state index contributed by atoms with van der Waals surface area (Å²) in [6.45, 7) is 0.688. The number of hydrogen-bond acceptors (Lipinski definition) is 4. The van der Waals surface area contributed by atoms with Crippen LogP contribution in [0.1, 0.15) is 22.5 Å². The molecule has 5 nitrogen and oxygen atoms in total. The highest BCUT2D eigenvalue weighted by atomic mass is 16.5. The van der Waals surface area contributed by atoms with Gasteiger partial charge in [0, 0.05) is 26.0 Å². The van der Waals surface area contributed by atoms with Gasteiger partial charge in [0.15, 0.2) is 5.76 Å². The van der Waals surface area contributed by atoms with Crippen molar-refractivity contribution >= 4 is 5.91 Å². The molecule has 0 aliphatic carbocycles. The largest absolute Gasteiger partial charge is 0.459 e. The number of aromatic nitrogens is 1. The molecule has 0 radical (unpaired) electrons. The van der Waals surface area contributed by atoms with Gasteiger partial charge in [-0.1, -0.05) is 0 Å².